The molecule has 0 aliphatic rings. The van der Waals surface area contributed by atoms with Gasteiger partial charge in [-0.05, 0) is 37.1 Å². The lowest BCUT2D eigenvalue weighted by Gasteiger charge is -2.08. The smallest absolute Gasteiger partial charge is 0.130 e. The Morgan fingerprint density at radius 1 is 1.12 bits per heavy atom. The first-order valence-electron chi connectivity index (χ1n) is 5.69. The van der Waals surface area contributed by atoms with Crippen molar-refractivity contribution in [1.29, 1.82) is 0 Å². The van der Waals surface area contributed by atoms with E-state index in [-0.39, 0.29) is 6.61 Å². The molecule has 0 saturated carbocycles. The van der Waals surface area contributed by atoms with Crippen molar-refractivity contribution in [2.45, 2.75) is 13.3 Å². The molecule has 0 bridgehead atoms. The van der Waals surface area contributed by atoms with Gasteiger partial charge in [0, 0.05) is 18.0 Å². The first-order chi connectivity index (χ1) is 8.29. The van der Waals surface area contributed by atoms with E-state index < -0.39 is 0 Å². The molecule has 3 nitrogen and oxygen atoms in total. The van der Waals surface area contributed by atoms with Crippen LogP contribution in [0.3, 0.4) is 0 Å². The number of pyridine rings is 1. The van der Waals surface area contributed by atoms with Crippen LogP contribution in [0.15, 0.2) is 42.5 Å². The van der Waals surface area contributed by atoms with Crippen LogP contribution in [0.25, 0.3) is 0 Å². The Kier molecular flexibility index (Phi) is 3.73. The molecule has 0 aliphatic heterocycles. The summed E-state index contributed by atoms with van der Waals surface area (Å²) < 4.78 is 0. The SMILES string of the molecule is Cc1nc(Nc2ccccc2)ccc1CCO. The molecule has 0 radical (unpaired) electrons. The molecule has 1 aromatic carbocycles. The third-order valence-corrected chi connectivity index (χ3v) is 2.62. The quantitative estimate of drug-likeness (QED) is 0.845. The van der Waals surface area contributed by atoms with E-state index in [4.69, 9.17) is 5.11 Å². The second-order valence-corrected chi connectivity index (χ2v) is 3.91. The van der Waals surface area contributed by atoms with Crippen molar-refractivity contribution in [2.75, 3.05) is 11.9 Å². The Balaban J connectivity index is 2.15. The van der Waals surface area contributed by atoms with E-state index in [1.165, 1.54) is 0 Å². The maximum Gasteiger partial charge on any atom is 0.130 e. The average molecular weight is 228 g/mol. The number of hydrogen-bond acceptors (Lipinski definition) is 3. The Morgan fingerprint density at radius 2 is 1.88 bits per heavy atom. The summed E-state index contributed by atoms with van der Waals surface area (Å²) in [5.41, 5.74) is 3.07. The molecule has 0 amide bonds. The number of benzene rings is 1. The number of aliphatic hydroxyl groups is 1. The third-order valence-electron chi connectivity index (χ3n) is 2.62. The van der Waals surface area contributed by atoms with E-state index in [1.54, 1.807) is 0 Å². The summed E-state index contributed by atoms with van der Waals surface area (Å²) >= 11 is 0. The van der Waals surface area contributed by atoms with Gasteiger partial charge >= 0.3 is 0 Å². The normalized spacial score (nSPS) is 10.2. The van der Waals surface area contributed by atoms with Crippen molar-refractivity contribution in [2.24, 2.45) is 0 Å². The monoisotopic (exact) mass is 228 g/mol. The lowest BCUT2D eigenvalue weighted by atomic mass is 10.1. The summed E-state index contributed by atoms with van der Waals surface area (Å²) in [6.45, 7) is 2.12. The fraction of sp³-hybridized carbons (Fsp3) is 0.214. The highest BCUT2D eigenvalue weighted by Gasteiger charge is 2.01. The van der Waals surface area contributed by atoms with Gasteiger partial charge in [-0.15, -0.1) is 0 Å². The standard InChI is InChI=1S/C14H16N2O/c1-11-12(9-10-17)7-8-14(15-11)16-13-5-3-2-4-6-13/h2-8,17H,9-10H2,1H3,(H,15,16). The second kappa shape index (κ2) is 5.46. The maximum absolute atomic E-state index is 8.91. The minimum Gasteiger partial charge on any atom is -0.396 e. The average Bonchev–Trinajstić information content (AvgIpc) is 2.34. The van der Waals surface area contributed by atoms with Gasteiger partial charge in [-0.2, -0.15) is 0 Å². The molecule has 0 atom stereocenters. The van der Waals surface area contributed by atoms with Crippen molar-refractivity contribution in [3.8, 4) is 0 Å². The van der Waals surface area contributed by atoms with E-state index >= 15 is 0 Å². The zero-order chi connectivity index (χ0) is 12.1. The molecule has 3 heteroatoms. The van der Waals surface area contributed by atoms with E-state index in [1.807, 2.05) is 49.4 Å². The number of nitrogens with zero attached hydrogens (tertiary/aromatic N) is 1. The summed E-state index contributed by atoms with van der Waals surface area (Å²) in [6.07, 6.45) is 0.657. The van der Waals surface area contributed by atoms with Crippen LogP contribution in [0, 0.1) is 6.92 Å². The molecule has 1 heterocycles. The summed E-state index contributed by atoms with van der Waals surface area (Å²) in [4.78, 5) is 4.46. The van der Waals surface area contributed by atoms with E-state index in [9.17, 15) is 0 Å². The number of aromatic nitrogens is 1. The number of aryl methyl sites for hydroxylation is 1. The van der Waals surface area contributed by atoms with Crippen molar-refractivity contribution in [1.82, 2.24) is 4.98 Å². The van der Waals surface area contributed by atoms with Crippen LogP contribution in [0.1, 0.15) is 11.3 Å². The number of para-hydroxylation sites is 1. The molecule has 88 valence electrons. The number of rotatable bonds is 4. The Bertz CT molecular complexity index is 483. The molecule has 0 unspecified atom stereocenters. The highest BCUT2D eigenvalue weighted by Crippen LogP contribution is 2.16. The van der Waals surface area contributed by atoms with Gasteiger partial charge in [-0.3, -0.25) is 0 Å². The molecule has 2 aromatic rings. The lowest BCUT2D eigenvalue weighted by Crippen LogP contribution is -2.00. The Morgan fingerprint density at radius 3 is 2.53 bits per heavy atom. The zero-order valence-electron chi connectivity index (χ0n) is 9.85. The van der Waals surface area contributed by atoms with Gasteiger partial charge in [0.15, 0.2) is 0 Å². The van der Waals surface area contributed by atoms with Gasteiger partial charge in [0.1, 0.15) is 5.82 Å². The molecule has 17 heavy (non-hydrogen) atoms. The molecule has 2 rings (SSSR count). The summed E-state index contributed by atoms with van der Waals surface area (Å²) in [6, 6.07) is 13.9. The Labute approximate surface area is 101 Å². The minimum absolute atomic E-state index is 0.161. The molecular weight excluding hydrogens is 212 g/mol. The zero-order valence-corrected chi connectivity index (χ0v) is 9.85. The fourth-order valence-electron chi connectivity index (χ4n) is 1.71. The van der Waals surface area contributed by atoms with Crippen molar-refractivity contribution < 1.29 is 5.11 Å². The van der Waals surface area contributed by atoms with Gasteiger partial charge < -0.3 is 10.4 Å². The van der Waals surface area contributed by atoms with Crippen molar-refractivity contribution >= 4 is 11.5 Å². The number of anilines is 2. The highest BCUT2D eigenvalue weighted by atomic mass is 16.2. The summed E-state index contributed by atoms with van der Waals surface area (Å²) in [7, 11) is 0. The molecule has 0 spiro atoms. The van der Waals surface area contributed by atoms with Gasteiger partial charge in [-0.25, -0.2) is 4.98 Å². The van der Waals surface area contributed by atoms with Crippen molar-refractivity contribution in [3.05, 3.63) is 53.7 Å². The molecular formula is C14H16N2O. The van der Waals surface area contributed by atoms with Crippen LogP contribution in [0.2, 0.25) is 0 Å². The first-order valence-corrected chi connectivity index (χ1v) is 5.69. The highest BCUT2D eigenvalue weighted by molar-refractivity contribution is 5.56. The van der Waals surface area contributed by atoms with Crippen LogP contribution >= 0.6 is 0 Å². The molecule has 2 N–H and O–H groups in total. The molecule has 0 fully saturated rings. The maximum atomic E-state index is 8.91. The van der Waals surface area contributed by atoms with Gasteiger partial charge in [0.2, 0.25) is 0 Å². The molecule has 1 aromatic heterocycles. The van der Waals surface area contributed by atoms with Crippen molar-refractivity contribution in [3.63, 3.8) is 0 Å². The van der Waals surface area contributed by atoms with Crippen LogP contribution in [0.5, 0.6) is 0 Å². The predicted octanol–water partition coefficient (Wildman–Crippen LogP) is 2.67. The van der Waals surface area contributed by atoms with E-state index in [0.717, 1.165) is 22.8 Å². The first kappa shape index (κ1) is 11.6. The van der Waals surface area contributed by atoms with Gasteiger partial charge in [-0.1, -0.05) is 24.3 Å². The van der Waals surface area contributed by atoms with Crippen LogP contribution < -0.4 is 5.32 Å². The Hall–Kier alpha value is -1.87. The summed E-state index contributed by atoms with van der Waals surface area (Å²) in [5, 5.41) is 12.1. The fourth-order valence-corrected chi connectivity index (χ4v) is 1.71. The van der Waals surface area contributed by atoms with Crippen LogP contribution in [-0.2, 0) is 6.42 Å². The summed E-state index contributed by atoms with van der Waals surface area (Å²) in [5.74, 6) is 0.829. The predicted molar refractivity (Wildman–Crippen MR) is 69.5 cm³/mol. The second-order valence-electron chi connectivity index (χ2n) is 3.91. The number of hydrogen-bond donors (Lipinski definition) is 2. The van der Waals surface area contributed by atoms with Gasteiger partial charge in [0.05, 0.1) is 0 Å². The third kappa shape index (κ3) is 3.04. The molecule has 0 saturated heterocycles. The number of nitrogens with one attached hydrogen (secondary N) is 1. The lowest BCUT2D eigenvalue weighted by molar-refractivity contribution is 0.299. The largest absolute Gasteiger partial charge is 0.396 e. The van der Waals surface area contributed by atoms with E-state index in [2.05, 4.69) is 10.3 Å². The topological polar surface area (TPSA) is 45.2 Å². The molecule has 0 aliphatic carbocycles. The van der Waals surface area contributed by atoms with Crippen LogP contribution in [0.4, 0.5) is 11.5 Å². The van der Waals surface area contributed by atoms with Crippen LogP contribution in [-0.4, -0.2) is 16.7 Å². The number of aliphatic hydroxyl groups excluding tert-OH is 1. The minimum atomic E-state index is 0.161. The van der Waals surface area contributed by atoms with Gasteiger partial charge in [0.25, 0.3) is 0 Å². The van der Waals surface area contributed by atoms with E-state index in [0.29, 0.717) is 6.42 Å².